The highest BCUT2D eigenvalue weighted by molar-refractivity contribution is 6.39. The molecule has 21 heavy (non-hydrogen) atoms. The van der Waals surface area contributed by atoms with Gasteiger partial charge in [0.05, 0.1) is 11.4 Å². The molecule has 0 unspecified atom stereocenters. The van der Waals surface area contributed by atoms with Crippen LogP contribution in [0.1, 0.15) is 5.56 Å². The third kappa shape index (κ3) is 4.41. The average molecular weight is 384 g/mol. The Morgan fingerprint density at radius 3 is 2.00 bits per heavy atom. The summed E-state index contributed by atoms with van der Waals surface area (Å²) < 4.78 is 5.16. The number of esters is 1. The summed E-state index contributed by atoms with van der Waals surface area (Å²) in [4.78, 5) is 11.9. The van der Waals surface area contributed by atoms with Crippen molar-refractivity contribution in [2.24, 2.45) is 0 Å². The van der Waals surface area contributed by atoms with E-state index in [4.69, 9.17) is 62.7 Å². The molecule has 2 rings (SSSR count). The first-order valence-corrected chi connectivity index (χ1v) is 7.55. The number of benzene rings is 2. The van der Waals surface area contributed by atoms with Crippen molar-refractivity contribution < 1.29 is 9.53 Å². The summed E-state index contributed by atoms with van der Waals surface area (Å²) in [6.45, 7) is 0. The van der Waals surface area contributed by atoms with Gasteiger partial charge in [-0.3, -0.25) is 4.79 Å². The maximum Gasteiger partial charge on any atom is 0.315 e. The van der Waals surface area contributed by atoms with E-state index >= 15 is 0 Å². The average Bonchev–Trinajstić information content (AvgIpc) is 2.37. The highest BCUT2D eigenvalue weighted by atomic mass is 35.5. The van der Waals surface area contributed by atoms with Crippen LogP contribution in [0.5, 0.6) is 5.75 Å². The van der Waals surface area contributed by atoms with Crippen LogP contribution in [0, 0.1) is 0 Å². The summed E-state index contributed by atoms with van der Waals surface area (Å²) >= 11 is 29.5. The highest BCUT2D eigenvalue weighted by Gasteiger charge is 2.15. The van der Waals surface area contributed by atoms with E-state index in [1.165, 1.54) is 24.3 Å². The van der Waals surface area contributed by atoms with Crippen molar-refractivity contribution >= 4 is 64.0 Å². The Balaban J connectivity index is 2.16. The summed E-state index contributed by atoms with van der Waals surface area (Å²) in [5, 5.41) is 1.67. The van der Waals surface area contributed by atoms with Crippen LogP contribution >= 0.6 is 58.0 Å². The second-order valence-corrected chi connectivity index (χ2v) is 6.17. The largest absolute Gasteiger partial charge is 0.425 e. The molecule has 2 aromatic carbocycles. The van der Waals surface area contributed by atoms with Gasteiger partial charge in [0.15, 0.2) is 0 Å². The molecule has 0 saturated heterocycles. The van der Waals surface area contributed by atoms with Crippen molar-refractivity contribution in [1.29, 1.82) is 0 Å². The standard InChI is InChI=1S/C14H7Cl5O2/c15-7-1-2-13(12(19)3-7)21-14(20)6-9-10(17)4-8(16)5-11(9)18/h1-5H,6H2. The molecule has 0 aliphatic rings. The zero-order valence-electron chi connectivity index (χ0n) is 10.3. The molecular weight excluding hydrogens is 377 g/mol. The summed E-state index contributed by atoms with van der Waals surface area (Å²) in [5.74, 6) is -0.336. The monoisotopic (exact) mass is 382 g/mol. The van der Waals surface area contributed by atoms with Crippen LogP contribution in [0.4, 0.5) is 0 Å². The van der Waals surface area contributed by atoms with Gasteiger partial charge in [-0.25, -0.2) is 0 Å². The molecule has 0 spiro atoms. The molecule has 0 amide bonds. The zero-order chi connectivity index (χ0) is 15.6. The van der Waals surface area contributed by atoms with Gasteiger partial charge in [-0.05, 0) is 30.3 Å². The lowest BCUT2D eigenvalue weighted by Gasteiger charge is -2.09. The summed E-state index contributed by atoms with van der Waals surface area (Å²) in [6.07, 6.45) is -0.103. The topological polar surface area (TPSA) is 26.3 Å². The molecule has 0 heterocycles. The fraction of sp³-hybridized carbons (Fsp3) is 0.0714. The van der Waals surface area contributed by atoms with E-state index in [0.717, 1.165) is 0 Å². The first kappa shape index (κ1) is 16.7. The second kappa shape index (κ2) is 7.08. The van der Waals surface area contributed by atoms with Gasteiger partial charge in [-0.15, -0.1) is 0 Å². The molecule has 0 aliphatic heterocycles. The first-order chi connectivity index (χ1) is 9.86. The van der Waals surface area contributed by atoms with E-state index in [9.17, 15) is 4.79 Å². The number of ether oxygens (including phenoxy) is 1. The number of carbonyl (C=O) groups is 1. The van der Waals surface area contributed by atoms with Crippen molar-refractivity contribution in [3.63, 3.8) is 0 Å². The molecular formula is C14H7Cl5O2. The number of hydrogen-bond donors (Lipinski definition) is 0. The Morgan fingerprint density at radius 2 is 1.43 bits per heavy atom. The van der Waals surface area contributed by atoms with Crippen molar-refractivity contribution in [2.45, 2.75) is 6.42 Å². The molecule has 0 atom stereocenters. The lowest BCUT2D eigenvalue weighted by Crippen LogP contribution is -2.12. The van der Waals surface area contributed by atoms with Crippen LogP contribution in [0.25, 0.3) is 0 Å². The summed E-state index contributed by atoms with van der Waals surface area (Å²) in [5.41, 5.74) is 0.442. The number of halogens is 5. The smallest absolute Gasteiger partial charge is 0.315 e. The fourth-order valence-corrected chi connectivity index (χ4v) is 3.00. The first-order valence-electron chi connectivity index (χ1n) is 5.66. The van der Waals surface area contributed by atoms with Gasteiger partial charge >= 0.3 is 5.97 Å². The molecule has 0 saturated carbocycles. The third-order valence-electron chi connectivity index (χ3n) is 2.54. The van der Waals surface area contributed by atoms with Crippen molar-refractivity contribution in [3.05, 3.63) is 61.0 Å². The SMILES string of the molecule is O=C(Cc1c(Cl)cc(Cl)cc1Cl)Oc1ccc(Cl)cc1Cl. The summed E-state index contributed by atoms with van der Waals surface area (Å²) in [6, 6.07) is 7.57. The highest BCUT2D eigenvalue weighted by Crippen LogP contribution is 2.31. The van der Waals surface area contributed by atoms with Crippen LogP contribution in [0.2, 0.25) is 25.1 Å². The van der Waals surface area contributed by atoms with Crippen LogP contribution < -0.4 is 4.74 Å². The number of rotatable bonds is 3. The molecule has 0 aliphatic carbocycles. The predicted octanol–water partition coefficient (Wildman–Crippen LogP) is 6.10. The Bertz CT molecular complexity index is 677. The number of carbonyl (C=O) groups excluding carboxylic acids is 1. The van der Waals surface area contributed by atoms with Gasteiger partial charge in [-0.2, -0.15) is 0 Å². The van der Waals surface area contributed by atoms with Gasteiger partial charge in [-0.1, -0.05) is 58.0 Å². The fourth-order valence-electron chi connectivity index (χ4n) is 1.60. The van der Waals surface area contributed by atoms with E-state index in [1.807, 2.05) is 0 Å². The van der Waals surface area contributed by atoms with Gasteiger partial charge in [0.1, 0.15) is 5.75 Å². The quantitative estimate of drug-likeness (QED) is 0.472. The molecule has 2 aromatic rings. The normalized spacial score (nSPS) is 10.5. The third-order valence-corrected chi connectivity index (χ3v) is 3.97. The van der Waals surface area contributed by atoms with Crippen LogP contribution in [0.15, 0.2) is 30.3 Å². The lowest BCUT2D eigenvalue weighted by atomic mass is 10.1. The lowest BCUT2D eigenvalue weighted by molar-refractivity contribution is -0.133. The minimum atomic E-state index is -0.551. The minimum absolute atomic E-state index is 0.103. The molecule has 7 heteroatoms. The van der Waals surface area contributed by atoms with Crippen LogP contribution in [-0.2, 0) is 11.2 Å². The van der Waals surface area contributed by atoms with Crippen LogP contribution in [-0.4, -0.2) is 5.97 Å². The van der Waals surface area contributed by atoms with Gasteiger partial charge in [0, 0.05) is 25.7 Å². The number of hydrogen-bond acceptors (Lipinski definition) is 2. The van der Waals surface area contributed by atoms with Crippen molar-refractivity contribution in [1.82, 2.24) is 0 Å². The van der Waals surface area contributed by atoms with Gasteiger partial charge < -0.3 is 4.74 Å². The summed E-state index contributed by atoms with van der Waals surface area (Å²) in [7, 11) is 0. The molecule has 0 N–H and O–H groups in total. The van der Waals surface area contributed by atoms with Crippen molar-refractivity contribution in [2.75, 3.05) is 0 Å². The van der Waals surface area contributed by atoms with Crippen molar-refractivity contribution in [3.8, 4) is 5.75 Å². The molecule has 0 bridgehead atoms. The van der Waals surface area contributed by atoms with E-state index in [-0.39, 0.29) is 17.2 Å². The molecule has 0 radical (unpaired) electrons. The Labute approximate surface area is 146 Å². The van der Waals surface area contributed by atoms with E-state index in [1.54, 1.807) is 6.07 Å². The molecule has 2 nitrogen and oxygen atoms in total. The molecule has 0 fully saturated rings. The van der Waals surface area contributed by atoms with Gasteiger partial charge in [0.2, 0.25) is 0 Å². The van der Waals surface area contributed by atoms with E-state index in [0.29, 0.717) is 25.7 Å². The van der Waals surface area contributed by atoms with Gasteiger partial charge in [0.25, 0.3) is 0 Å². The molecule has 0 aromatic heterocycles. The van der Waals surface area contributed by atoms with E-state index in [2.05, 4.69) is 0 Å². The second-order valence-electron chi connectivity index (χ2n) is 4.07. The minimum Gasteiger partial charge on any atom is -0.425 e. The maximum atomic E-state index is 11.9. The van der Waals surface area contributed by atoms with E-state index < -0.39 is 5.97 Å². The predicted molar refractivity (Wildman–Crippen MR) is 87.3 cm³/mol. The Hall–Kier alpha value is -0.640. The van der Waals surface area contributed by atoms with Crippen LogP contribution in [0.3, 0.4) is 0 Å². The maximum absolute atomic E-state index is 11.9. The Morgan fingerprint density at radius 1 is 0.857 bits per heavy atom. The zero-order valence-corrected chi connectivity index (χ0v) is 14.1. The molecule has 110 valence electrons. The Kier molecular flexibility index (Phi) is 5.64.